The highest BCUT2D eigenvalue weighted by molar-refractivity contribution is 5.35. The second kappa shape index (κ2) is 9.82. The summed E-state index contributed by atoms with van der Waals surface area (Å²) < 4.78 is 6.00. The van der Waals surface area contributed by atoms with Crippen molar-refractivity contribution in [2.75, 3.05) is 26.2 Å². The van der Waals surface area contributed by atoms with E-state index >= 15 is 0 Å². The van der Waals surface area contributed by atoms with E-state index in [1.165, 1.54) is 31.6 Å². The maximum atomic E-state index is 6.00. The largest absolute Gasteiger partial charge is 0.493 e. The van der Waals surface area contributed by atoms with Gasteiger partial charge >= 0.3 is 0 Å². The van der Waals surface area contributed by atoms with Crippen molar-refractivity contribution in [3.8, 4) is 5.75 Å². The first-order valence-electron chi connectivity index (χ1n) is 8.28. The number of hydrogen-bond donors (Lipinski definition) is 1. The van der Waals surface area contributed by atoms with Gasteiger partial charge in [-0.3, -0.25) is 0 Å². The molecule has 114 valence electrons. The Hall–Kier alpha value is -1.02. The summed E-state index contributed by atoms with van der Waals surface area (Å²) in [7, 11) is 0. The first-order valence-corrected chi connectivity index (χ1v) is 8.28. The van der Waals surface area contributed by atoms with Crippen LogP contribution in [0, 0.1) is 0 Å². The Morgan fingerprint density at radius 2 is 1.75 bits per heavy atom. The first-order chi connectivity index (χ1) is 9.72. The molecule has 0 saturated carbocycles. The van der Waals surface area contributed by atoms with E-state index in [1.54, 1.807) is 4.90 Å². The van der Waals surface area contributed by atoms with Crippen LogP contribution in [0.4, 0.5) is 0 Å². The second-order valence-corrected chi connectivity index (χ2v) is 5.61. The molecule has 2 heteroatoms. The zero-order valence-electron chi connectivity index (χ0n) is 13.7. The third kappa shape index (κ3) is 5.54. The zero-order chi connectivity index (χ0) is 14.8. The van der Waals surface area contributed by atoms with Crippen LogP contribution in [0.2, 0.25) is 0 Å². The van der Waals surface area contributed by atoms with Crippen LogP contribution in [-0.4, -0.2) is 26.2 Å². The van der Waals surface area contributed by atoms with E-state index in [0.29, 0.717) is 5.92 Å². The number of benzene rings is 1. The molecule has 0 spiro atoms. The molecule has 0 heterocycles. The van der Waals surface area contributed by atoms with Gasteiger partial charge in [-0.05, 0) is 50.7 Å². The molecule has 20 heavy (non-hydrogen) atoms. The lowest BCUT2D eigenvalue weighted by molar-refractivity contribution is -0.896. The van der Waals surface area contributed by atoms with Gasteiger partial charge in [-0.25, -0.2) is 0 Å². The van der Waals surface area contributed by atoms with E-state index in [4.69, 9.17) is 4.74 Å². The summed E-state index contributed by atoms with van der Waals surface area (Å²) in [5.74, 6) is 1.66. The predicted molar refractivity (Wildman–Crippen MR) is 86.8 cm³/mol. The fraction of sp³-hybridized carbons (Fsp3) is 0.667. The third-order valence-electron chi connectivity index (χ3n) is 4.24. The number of para-hydroxylation sites is 1. The van der Waals surface area contributed by atoms with Crippen LogP contribution in [0.5, 0.6) is 5.75 Å². The Balaban J connectivity index is 2.35. The Morgan fingerprint density at radius 1 is 1.05 bits per heavy atom. The van der Waals surface area contributed by atoms with E-state index in [0.717, 1.165) is 25.2 Å². The number of unbranched alkanes of at least 4 members (excludes halogenated alkanes) is 1. The molecule has 1 aromatic rings. The number of rotatable bonds is 10. The normalized spacial score (nSPS) is 12.7. The monoisotopic (exact) mass is 278 g/mol. The summed E-state index contributed by atoms with van der Waals surface area (Å²) >= 11 is 0. The number of ether oxygens (including phenoxy) is 1. The summed E-state index contributed by atoms with van der Waals surface area (Å²) in [4.78, 5) is 1.69. The van der Waals surface area contributed by atoms with Crippen molar-refractivity contribution in [3.63, 3.8) is 0 Å². The third-order valence-corrected chi connectivity index (χ3v) is 4.24. The highest BCUT2D eigenvalue weighted by Crippen LogP contribution is 2.28. The van der Waals surface area contributed by atoms with E-state index in [2.05, 4.69) is 52.0 Å². The quantitative estimate of drug-likeness (QED) is 0.648. The van der Waals surface area contributed by atoms with Gasteiger partial charge < -0.3 is 9.64 Å². The molecular weight excluding hydrogens is 246 g/mol. The molecule has 1 aromatic carbocycles. The summed E-state index contributed by atoms with van der Waals surface area (Å²) in [6.45, 7) is 13.6. The molecule has 0 aromatic heterocycles. The van der Waals surface area contributed by atoms with Gasteiger partial charge in [0.25, 0.3) is 0 Å². The van der Waals surface area contributed by atoms with Crippen molar-refractivity contribution >= 4 is 0 Å². The van der Waals surface area contributed by atoms with E-state index in [-0.39, 0.29) is 0 Å². The van der Waals surface area contributed by atoms with Gasteiger partial charge in [-0.1, -0.05) is 32.0 Å². The van der Waals surface area contributed by atoms with Gasteiger partial charge in [0, 0.05) is 0 Å². The highest BCUT2D eigenvalue weighted by Gasteiger charge is 2.09. The SMILES string of the molecule is CC[C@H](C)c1ccccc1OCCCC[NH+](CC)CC. The molecule has 0 aliphatic rings. The van der Waals surface area contributed by atoms with Gasteiger partial charge in [-0.2, -0.15) is 0 Å². The van der Waals surface area contributed by atoms with E-state index < -0.39 is 0 Å². The molecule has 2 nitrogen and oxygen atoms in total. The van der Waals surface area contributed by atoms with Crippen LogP contribution < -0.4 is 9.64 Å². The highest BCUT2D eigenvalue weighted by atomic mass is 16.5. The summed E-state index contributed by atoms with van der Waals surface area (Å²) in [5, 5.41) is 0. The Kier molecular flexibility index (Phi) is 8.36. The van der Waals surface area contributed by atoms with Crippen molar-refractivity contribution in [3.05, 3.63) is 29.8 Å². The topological polar surface area (TPSA) is 13.7 Å². The van der Waals surface area contributed by atoms with Crippen molar-refractivity contribution in [2.45, 2.75) is 52.9 Å². The molecule has 1 rings (SSSR count). The molecule has 0 aliphatic heterocycles. The van der Waals surface area contributed by atoms with E-state index in [9.17, 15) is 0 Å². The second-order valence-electron chi connectivity index (χ2n) is 5.61. The molecule has 0 aliphatic carbocycles. The van der Waals surface area contributed by atoms with Gasteiger partial charge in [0.2, 0.25) is 0 Å². The lowest BCUT2D eigenvalue weighted by atomic mass is 9.98. The molecular formula is C18H32NO+. The number of quaternary nitrogens is 1. The van der Waals surface area contributed by atoms with E-state index in [1.807, 2.05) is 0 Å². The van der Waals surface area contributed by atoms with Crippen molar-refractivity contribution in [2.24, 2.45) is 0 Å². The maximum Gasteiger partial charge on any atom is 0.122 e. The smallest absolute Gasteiger partial charge is 0.122 e. The number of hydrogen-bond acceptors (Lipinski definition) is 1. The predicted octanol–water partition coefficient (Wildman–Crippen LogP) is 3.28. The minimum absolute atomic E-state index is 0.575. The van der Waals surface area contributed by atoms with Crippen LogP contribution in [0.3, 0.4) is 0 Å². The fourth-order valence-electron chi connectivity index (χ4n) is 2.50. The standard InChI is InChI=1S/C18H31NO/c1-5-16(4)17-12-8-9-13-18(17)20-15-11-10-14-19(6-2)7-3/h8-9,12-13,16H,5-7,10-11,14-15H2,1-4H3/p+1/t16-/m0/s1. The summed E-state index contributed by atoms with van der Waals surface area (Å²) in [6, 6.07) is 8.49. The van der Waals surface area contributed by atoms with Gasteiger partial charge in [0.05, 0.1) is 26.2 Å². The van der Waals surface area contributed by atoms with Crippen molar-refractivity contribution < 1.29 is 9.64 Å². The minimum atomic E-state index is 0.575. The lowest BCUT2D eigenvalue weighted by Gasteiger charge is -2.17. The molecule has 0 unspecified atom stereocenters. The van der Waals surface area contributed by atoms with Crippen LogP contribution >= 0.6 is 0 Å². The summed E-state index contributed by atoms with van der Waals surface area (Å²) in [5.41, 5.74) is 1.35. The Morgan fingerprint density at radius 3 is 2.40 bits per heavy atom. The Bertz CT molecular complexity index is 360. The van der Waals surface area contributed by atoms with Crippen LogP contribution in [0.15, 0.2) is 24.3 Å². The lowest BCUT2D eigenvalue weighted by Crippen LogP contribution is -3.11. The number of nitrogens with one attached hydrogen (secondary N) is 1. The minimum Gasteiger partial charge on any atom is -0.493 e. The average Bonchev–Trinajstić information content (AvgIpc) is 2.50. The van der Waals surface area contributed by atoms with Crippen molar-refractivity contribution in [1.29, 1.82) is 0 Å². The molecule has 0 saturated heterocycles. The Labute approximate surface area is 125 Å². The fourth-order valence-corrected chi connectivity index (χ4v) is 2.50. The van der Waals surface area contributed by atoms with Crippen LogP contribution in [-0.2, 0) is 0 Å². The maximum absolute atomic E-state index is 6.00. The zero-order valence-corrected chi connectivity index (χ0v) is 13.7. The molecule has 0 radical (unpaired) electrons. The van der Waals surface area contributed by atoms with Crippen LogP contribution in [0.1, 0.15) is 58.4 Å². The van der Waals surface area contributed by atoms with Crippen molar-refractivity contribution in [1.82, 2.24) is 0 Å². The molecule has 0 bridgehead atoms. The first kappa shape index (κ1) is 17.0. The average molecular weight is 278 g/mol. The van der Waals surface area contributed by atoms with Crippen LogP contribution in [0.25, 0.3) is 0 Å². The van der Waals surface area contributed by atoms with Gasteiger partial charge in [-0.15, -0.1) is 0 Å². The molecule has 1 atom stereocenters. The molecule has 0 fully saturated rings. The molecule has 1 N–H and O–H groups in total. The van der Waals surface area contributed by atoms with Gasteiger partial charge in [0.1, 0.15) is 5.75 Å². The summed E-state index contributed by atoms with van der Waals surface area (Å²) in [6.07, 6.45) is 3.56. The molecule has 0 amide bonds. The van der Waals surface area contributed by atoms with Gasteiger partial charge in [0.15, 0.2) is 0 Å².